The number of Topliss-reactive ketones (excluding diaryl/α,β-unsaturated/α-hetero) is 2. The topological polar surface area (TPSA) is 181 Å². The predicted octanol–water partition coefficient (Wildman–Crippen LogP) is -1.30. The third-order valence-corrected chi connectivity index (χ3v) is 5.08. The van der Waals surface area contributed by atoms with Crippen LogP contribution in [0.1, 0.15) is 93.8 Å². The second-order valence-electron chi connectivity index (χ2n) is 7.38. The molecule has 0 radical (unpaired) electrons. The van der Waals surface area contributed by atoms with E-state index in [4.69, 9.17) is 9.81 Å². The largest absolute Gasteiger partial charge is 2.00 e. The molecule has 1 atom stereocenters. The minimum atomic E-state index is -3.33. The van der Waals surface area contributed by atoms with Crippen LogP contribution in [0.3, 0.4) is 0 Å². The average molecular weight is 580 g/mol. The molecular weight excluding hydrogens is 552 g/mol. The third-order valence-electron chi connectivity index (χ3n) is 4.53. The SMILES string of the molecule is CCCCC(=O)c1ccccc1C(=O)[O-].CCCCC(=O)c1ccccc1C(=O)[O-].O=[S](O)(=[Mg])OO.[Mg+2].[Na+]. The molecule has 2 aromatic rings. The number of ketones is 2. The first-order valence-electron chi connectivity index (χ1n) is 11.0. The molecule has 0 fully saturated rings. The van der Waals surface area contributed by atoms with E-state index in [9.17, 15) is 33.6 Å². The summed E-state index contributed by atoms with van der Waals surface area (Å²) in [5.41, 5.74) is 0.481. The zero-order valence-electron chi connectivity index (χ0n) is 21.8. The van der Waals surface area contributed by atoms with Crippen molar-refractivity contribution in [3.63, 3.8) is 0 Å². The van der Waals surface area contributed by atoms with Crippen molar-refractivity contribution >= 4 is 73.7 Å². The van der Waals surface area contributed by atoms with Crippen LogP contribution in [0.2, 0.25) is 0 Å². The van der Waals surface area contributed by atoms with Crippen LogP contribution >= 0.6 is 0 Å². The fourth-order valence-corrected chi connectivity index (χ4v) is 2.75. The summed E-state index contributed by atoms with van der Waals surface area (Å²) in [6.07, 6.45) is 4.17. The van der Waals surface area contributed by atoms with E-state index in [0.29, 0.717) is 32.6 Å². The number of carbonyl (C=O) groups is 4. The second-order valence-corrected chi connectivity index (χ2v) is 10.9. The van der Waals surface area contributed by atoms with Gasteiger partial charge in [-0.3, -0.25) is 9.59 Å². The number of aromatic carboxylic acids is 2. The Morgan fingerprint density at radius 3 is 1.26 bits per heavy atom. The molecule has 10 nitrogen and oxygen atoms in total. The van der Waals surface area contributed by atoms with Gasteiger partial charge in [-0.2, -0.15) is 0 Å². The number of carbonyl (C=O) groups excluding carboxylic acids is 4. The zero-order valence-corrected chi connectivity index (χ0v) is 27.5. The Bertz CT molecular complexity index is 1070. The number of benzene rings is 2. The van der Waals surface area contributed by atoms with Crippen molar-refractivity contribution in [2.45, 2.75) is 52.4 Å². The fraction of sp³-hybridized carbons (Fsp3) is 0.333. The molecule has 0 aliphatic heterocycles. The fourth-order valence-electron chi connectivity index (χ4n) is 2.75. The van der Waals surface area contributed by atoms with Crippen LogP contribution in [0.4, 0.5) is 0 Å². The van der Waals surface area contributed by atoms with Gasteiger partial charge in [0.15, 0.2) is 11.6 Å². The van der Waals surface area contributed by atoms with Crippen molar-refractivity contribution in [3.05, 3.63) is 70.8 Å². The Morgan fingerprint density at radius 2 is 1.05 bits per heavy atom. The van der Waals surface area contributed by atoms with E-state index in [0.717, 1.165) is 25.7 Å². The molecule has 0 bridgehead atoms. The number of hydrogen-bond acceptors (Lipinski definition) is 9. The van der Waals surface area contributed by atoms with Gasteiger partial charge in [0.2, 0.25) is 0 Å². The van der Waals surface area contributed by atoms with Crippen LogP contribution in [0.5, 0.6) is 0 Å². The molecule has 0 spiro atoms. The first kappa shape index (κ1) is 41.8. The van der Waals surface area contributed by atoms with Crippen molar-refractivity contribution < 1.29 is 77.3 Å². The first-order valence-corrected chi connectivity index (χ1v) is 14.3. The molecule has 0 aliphatic rings. The van der Waals surface area contributed by atoms with Gasteiger partial charge >= 0.3 is 98.1 Å². The Balaban J connectivity index is -0.000000511. The Kier molecular flexibility index (Phi) is 25.3. The van der Waals surface area contributed by atoms with Crippen molar-refractivity contribution in [3.8, 4) is 0 Å². The van der Waals surface area contributed by atoms with E-state index in [1.54, 1.807) is 24.3 Å². The number of carboxylic acids is 2. The number of carboxylic acid groups (broad SMARTS) is 2. The summed E-state index contributed by atoms with van der Waals surface area (Å²) in [6.45, 7) is 3.97. The smallest absolute Gasteiger partial charge is 1.00 e. The van der Waals surface area contributed by atoms with Gasteiger partial charge in [0.1, 0.15) is 0 Å². The minimum absolute atomic E-state index is 0. The molecular formula is C24H28Mg2NaO10S+. The third kappa shape index (κ3) is 17.8. The van der Waals surface area contributed by atoms with E-state index in [2.05, 4.69) is 4.33 Å². The van der Waals surface area contributed by atoms with Gasteiger partial charge in [-0.15, -0.1) is 0 Å². The van der Waals surface area contributed by atoms with Gasteiger partial charge in [-0.25, -0.2) is 0 Å². The van der Waals surface area contributed by atoms with Gasteiger partial charge < -0.3 is 19.8 Å². The standard InChI is InChI=1S/2C12H14O3.2Mg.Na.H2O4S/c2*1-2-3-8-11(13)9-6-4-5-7-10(9)12(14)15;;;;1-4-5(2)3/h2*4-7H,2-3,8H2,1H3,(H,14,15);;;;1H,(H,2,3)/q;;;+2;+1;/p-2. The van der Waals surface area contributed by atoms with Crippen LogP contribution < -0.4 is 39.8 Å². The summed E-state index contributed by atoms with van der Waals surface area (Å²) in [7, 11) is -3.33. The van der Waals surface area contributed by atoms with E-state index in [-0.39, 0.29) is 86.4 Å². The van der Waals surface area contributed by atoms with Gasteiger partial charge in [-0.1, -0.05) is 75.2 Å². The van der Waals surface area contributed by atoms with Crippen molar-refractivity contribution in [1.82, 2.24) is 0 Å². The predicted molar refractivity (Wildman–Crippen MR) is 135 cm³/mol. The molecule has 0 aromatic heterocycles. The van der Waals surface area contributed by atoms with Crippen molar-refractivity contribution in [2.75, 3.05) is 0 Å². The van der Waals surface area contributed by atoms with Crippen LogP contribution in [0.15, 0.2) is 48.5 Å². The molecule has 0 aliphatic carbocycles. The van der Waals surface area contributed by atoms with E-state index < -0.39 is 19.3 Å². The molecule has 14 heteroatoms. The summed E-state index contributed by atoms with van der Waals surface area (Å²) in [5.74, 6) is -2.85. The first-order chi connectivity index (χ1) is 16.9. The van der Waals surface area contributed by atoms with Gasteiger partial charge in [-0.05, 0) is 12.8 Å². The van der Waals surface area contributed by atoms with Crippen LogP contribution in [0, 0.1) is 0 Å². The molecule has 0 heterocycles. The summed E-state index contributed by atoms with van der Waals surface area (Å²) >= 11 is 0.671. The monoisotopic (exact) mass is 579 g/mol. The number of unbranched alkanes of at least 4 members (excludes halogenated alkanes) is 2. The molecule has 0 amide bonds. The quantitative estimate of drug-likeness (QED) is 0.140. The number of hydrogen-bond donors (Lipinski definition) is 2. The molecule has 194 valence electrons. The maximum absolute atomic E-state index is 11.6. The molecule has 2 rings (SSSR count). The summed E-state index contributed by atoms with van der Waals surface area (Å²) in [4.78, 5) is 44.7. The van der Waals surface area contributed by atoms with Gasteiger partial charge in [0.05, 0.1) is 11.9 Å². The Labute approximate surface area is 271 Å². The Morgan fingerprint density at radius 1 is 0.789 bits per heavy atom. The zero-order chi connectivity index (χ0) is 27.7. The maximum atomic E-state index is 11.6. The normalized spacial score (nSPS) is 11.0. The van der Waals surface area contributed by atoms with Gasteiger partial charge in [0, 0.05) is 35.1 Å². The number of rotatable bonds is 11. The van der Waals surface area contributed by atoms with E-state index in [1.165, 1.54) is 24.3 Å². The van der Waals surface area contributed by atoms with Crippen LogP contribution in [0.25, 0.3) is 0 Å². The summed E-state index contributed by atoms with van der Waals surface area (Å²) in [5, 5.41) is 28.9. The summed E-state index contributed by atoms with van der Waals surface area (Å²) < 4.78 is 20.6. The average Bonchev–Trinajstić information content (AvgIpc) is 2.86. The van der Waals surface area contributed by atoms with Crippen molar-refractivity contribution in [2.24, 2.45) is 0 Å². The summed E-state index contributed by atoms with van der Waals surface area (Å²) in [6, 6.07) is 12.3. The molecule has 0 saturated carbocycles. The Hall–Kier alpha value is -0.718. The van der Waals surface area contributed by atoms with Gasteiger partial charge in [0.25, 0.3) is 0 Å². The van der Waals surface area contributed by atoms with Crippen LogP contribution in [-0.2, 0) is 11.7 Å². The van der Waals surface area contributed by atoms with E-state index in [1.807, 2.05) is 13.8 Å². The van der Waals surface area contributed by atoms with Crippen LogP contribution in [-0.4, -0.2) is 80.4 Å². The molecule has 0 saturated heterocycles. The molecule has 2 N–H and O–H groups in total. The maximum Gasteiger partial charge on any atom is 2.00 e. The second kappa shape index (κ2) is 23.0. The molecule has 38 heavy (non-hydrogen) atoms. The molecule has 1 unspecified atom stereocenters. The minimum Gasteiger partial charge on any atom is 1.00 e. The molecule has 2 aromatic carbocycles. The van der Waals surface area contributed by atoms with E-state index >= 15 is 0 Å². The van der Waals surface area contributed by atoms with Crippen molar-refractivity contribution in [1.29, 1.82) is 0 Å².